The lowest BCUT2D eigenvalue weighted by Gasteiger charge is -2.13. The molecule has 35 heavy (non-hydrogen) atoms. The maximum atomic E-state index is 13.4. The number of nitrogens with one attached hydrogen (secondary N) is 2. The summed E-state index contributed by atoms with van der Waals surface area (Å²) >= 11 is 0. The van der Waals surface area contributed by atoms with Crippen molar-refractivity contribution in [3.05, 3.63) is 83.7 Å². The first kappa shape index (κ1) is 23.7. The molecular formula is C26H22FN3O5. The lowest BCUT2D eigenvalue weighted by atomic mass is 9.99. The van der Waals surface area contributed by atoms with Gasteiger partial charge < -0.3 is 25.9 Å². The molecule has 0 radical (unpaired) electrons. The van der Waals surface area contributed by atoms with Crippen LogP contribution in [0.2, 0.25) is 0 Å². The molecule has 0 bridgehead atoms. The van der Waals surface area contributed by atoms with Crippen LogP contribution in [0.1, 0.15) is 20.7 Å². The van der Waals surface area contributed by atoms with E-state index < -0.39 is 30.3 Å². The molecule has 0 spiro atoms. The minimum Gasteiger partial charge on any atom is -0.455 e. The molecule has 1 heterocycles. The fourth-order valence-corrected chi connectivity index (χ4v) is 3.72. The number of aliphatic hydroxyl groups excluding tert-OH is 1. The van der Waals surface area contributed by atoms with E-state index in [4.69, 9.17) is 10.2 Å². The number of benzene rings is 3. The van der Waals surface area contributed by atoms with Crippen molar-refractivity contribution >= 4 is 28.7 Å². The SMILES string of the molecule is CNC(=O)c1c(-c2ccc(F)cc2)oc2ccc(-c3cccc(C(=O)NC(CO)C(N)=O)c3)cc12. The van der Waals surface area contributed by atoms with Crippen LogP contribution in [0.3, 0.4) is 0 Å². The van der Waals surface area contributed by atoms with Gasteiger partial charge in [-0.3, -0.25) is 14.4 Å². The van der Waals surface area contributed by atoms with Gasteiger partial charge in [0.15, 0.2) is 0 Å². The highest BCUT2D eigenvalue weighted by atomic mass is 19.1. The molecule has 1 unspecified atom stereocenters. The third-order valence-corrected chi connectivity index (χ3v) is 5.54. The molecule has 4 rings (SSSR count). The van der Waals surface area contributed by atoms with Crippen LogP contribution in [-0.4, -0.2) is 42.5 Å². The van der Waals surface area contributed by atoms with Crippen molar-refractivity contribution in [1.29, 1.82) is 0 Å². The monoisotopic (exact) mass is 475 g/mol. The molecule has 0 aliphatic heterocycles. The van der Waals surface area contributed by atoms with Gasteiger partial charge in [-0.1, -0.05) is 18.2 Å². The smallest absolute Gasteiger partial charge is 0.255 e. The van der Waals surface area contributed by atoms with Crippen molar-refractivity contribution < 1.29 is 28.3 Å². The number of hydrogen-bond acceptors (Lipinski definition) is 5. The maximum Gasteiger partial charge on any atom is 0.255 e. The van der Waals surface area contributed by atoms with Crippen LogP contribution in [0.4, 0.5) is 4.39 Å². The number of amides is 3. The fourth-order valence-electron chi connectivity index (χ4n) is 3.72. The van der Waals surface area contributed by atoms with Crippen LogP contribution in [0, 0.1) is 5.82 Å². The first-order valence-electron chi connectivity index (χ1n) is 10.7. The molecule has 0 fully saturated rings. The zero-order valence-electron chi connectivity index (χ0n) is 18.7. The van der Waals surface area contributed by atoms with Crippen molar-refractivity contribution in [2.24, 2.45) is 5.73 Å². The minimum atomic E-state index is -1.20. The summed E-state index contributed by atoms with van der Waals surface area (Å²) in [5.74, 6) is -1.88. The average Bonchev–Trinajstić information content (AvgIpc) is 3.25. The molecule has 3 aromatic carbocycles. The largest absolute Gasteiger partial charge is 0.455 e. The lowest BCUT2D eigenvalue weighted by molar-refractivity contribution is -0.120. The Hall–Kier alpha value is -4.50. The Balaban J connectivity index is 1.76. The third kappa shape index (κ3) is 4.75. The number of furan rings is 1. The summed E-state index contributed by atoms with van der Waals surface area (Å²) in [4.78, 5) is 36.7. The molecule has 1 aromatic heterocycles. The summed E-state index contributed by atoms with van der Waals surface area (Å²) in [5.41, 5.74) is 8.13. The fraction of sp³-hybridized carbons (Fsp3) is 0.115. The number of carbonyl (C=O) groups is 3. The van der Waals surface area contributed by atoms with E-state index in [-0.39, 0.29) is 11.5 Å². The van der Waals surface area contributed by atoms with Crippen molar-refractivity contribution in [2.45, 2.75) is 6.04 Å². The van der Waals surface area contributed by atoms with Gasteiger partial charge in [0.1, 0.15) is 23.2 Å². The van der Waals surface area contributed by atoms with Gasteiger partial charge in [-0.2, -0.15) is 0 Å². The Labute approximate surface area is 199 Å². The van der Waals surface area contributed by atoms with E-state index in [0.29, 0.717) is 39.0 Å². The van der Waals surface area contributed by atoms with Crippen molar-refractivity contribution in [1.82, 2.24) is 10.6 Å². The average molecular weight is 475 g/mol. The van der Waals surface area contributed by atoms with Gasteiger partial charge in [0.2, 0.25) is 5.91 Å². The van der Waals surface area contributed by atoms with Gasteiger partial charge in [-0.25, -0.2) is 4.39 Å². The summed E-state index contributed by atoms with van der Waals surface area (Å²) < 4.78 is 19.4. The van der Waals surface area contributed by atoms with Crippen LogP contribution >= 0.6 is 0 Å². The molecule has 178 valence electrons. The molecule has 0 saturated heterocycles. The van der Waals surface area contributed by atoms with E-state index in [1.165, 1.54) is 31.3 Å². The Bertz CT molecular complexity index is 1430. The Kier molecular flexibility index (Phi) is 6.61. The number of primary amides is 1. The highest BCUT2D eigenvalue weighted by molar-refractivity contribution is 6.12. The lowest BCUT2D eigenvalue weighted by Crippen LogP contribution is -2.46. The molecule has 3 amide bonds. The van der Waals surface area contributed by atoms with Crippen molar-refractivity contribution in [3.8, 4) is 22.5 Å². The number of rotatable bonds is 7. The van der Waals surface area contributed by atoms with Gasteiger partial charge in [0.05, 0.1) is 12.2 Å². The molecule has 0 aliphatic rings. The van der Waals surface area contributed by atoms with Crippen molar-refractivity contribution in [2.75, 3.05) is 13.7 Å². The maximum absolute atomic E-state index is 13.4. The Morgan fingerprint density at radius 2 is 1.66 bits per heavy atom. The zero-order chi connectivity index (χ0) is 25.1. The predicted molar refractivity (Wildman–Crippen MR) is 128 cm³/mol. The second kappa shape index (κ2) is 9.78. The van der Waals surface area contributed by atoms with E-state index in [0.717, 1.165) is 0 Å². The van der Waals surface area contributed by atoms with Crippen LogP contribution in [0.25, 0.3) is 33.4 Å². The summed E-state index contributed by atoms with van der Waals surface area (Å²) in [7, 11) is 1.51. The first-order chi connectivity index (χ1) is 16.8. The summed E-state index contributed by atoms with van der Waals surface area (Å²) in [6.45, 7) is -0.615. The predicted octanol–water partition coefficient (Wildman–Crippen LogP) is 2.84. The second-order valence-electron chi connectivity index (χ2n) is 7.79. The molecule has 0 aliphatic carbocycles. The Morgan fingerprint density at radius 3 is 2.31 bits per heavy atom. The molecule has 8 nitrogen and oxygen atoms in total. The molecular weight excluding hydrogens is 453 g/mol. The van der Waals surface area contributed by atoms with E-state index in [2.05, 4.69) is 10.6 Å². The quantitative estimate of drug-likeness (QED) is 0.326. The van der Waals surface area contributed by atoms with Gasteiger partial charge in [0, 0.05) is 23.6 Å². The van der Waals surface area contributed by atoms with Gasteiger partial charge in [-0.15, -0.1) is 0 Å². The summed E-state index contributed by atoms with van der Waals surface area (Å²) in [6, 6.07) is 16.4. The normalized spacial score (nSPS) is 11.7. The second-order valence-corrected chi connectivity index (χ2v) is 7.79. The topological polar surface area (TPSA) is 135 Å². The molecule has 1 atom stereocenters. The molecule has 4 aromatic rings. The summed E-state index contributed by atoms with van der Waals surface area (Å²) in [5, 5.41) is 14.8. The van der Waals surface area contributed by atoms with Crippen LogP contribution in [0.15, 0.2) is 71.1 Å². The van der Waals surface area contributed by atoms with Crippen LogP contribution in [-0.2, 0) is 4.79 Å². The van der Waals surface area contributed by atoms with E-state index in [1.807, 2.05) is 0 Å². The Morgan fingerprint density at radius 1 is 0.971 bits per heavy atom. The zero-order valence-corrected chi connectivity index (χ0v) is 18.7. The number of aliphatic hydroxyl groups is 1. The van der Waals surface area contributed by atoms with Crippen LogP contribution in [0.5, 0.6) is 0 Å². The minimum absolute atomic E-state index is 0.257. The highest BCUT2D eigenvalue weighted by Crippen LogP contribution is 2.36. The molecule has 5 N–H and O–H groups in total. The van der Waals surface area contributed by atoms with Gasteiger partial charge in [-0.05, 0) is 59.7 Å². The van der Waals surface area contributed by atoms with Crippen LogP contribution < -0.4 is 16.4 Å². The number of nitrogens with two attached hydrogens (primary N) is 1. The first-order valence-corrected chi connectivity index (χ1v) is 10.7. The van der Waals surface area contributed by atoms with E-state index in [9.17, 15) is 23.9 Å². The number of hydrogen-bond donors (Lipinski definition) is 4. The highest BCUT2D eigenvalue weighted by Gasteiger charge is 2.22. The van der Waals surface area contributed by atoms with E-state index in [1.54, 1.807) is 42.5 Å². The number of halogens is 1. The van der Waals surface area contributed by atoms with Gasteiger partial charge in [0.25, 0.3) is 11.8 Å². The third-order valence-electron chi connectivity index (χ3n) is 5.54. The molecule has 9 heteroatoms. The standard InChI is InChI=1S/C26H22FN3O5/c1-29-26(34)22-19-12-16(7-10-21(19)35-23(22)14-5-8-18(27)9-6-14)15-3-2-4-17(11-15)25(33)30-20(13-31)24(28)32/h2-12,20,31H,13H2,1H3,(H2,28,32)(H,29,34)(H,30,33). The summed E-state index contributed by atoms with van der Waals surface area (Å²) in [6.07, 6.45) is 0. The van der Waals surface area contributed by atoms with E-state index >= 15 is 0 Å². The van der Waals surface area contributed by atoms with Gasteiger partial charge >= 0.3 is 0 Å². The van der Waals surface area contributed by atoms with Crippen molar-refractivity contribution in [3.63, 3.8) is 0 Å². The molecule has 0 saturated carbocycles. The number of carbonyl (C=O) groups excluding carboxylic acids is 3. The number of fused-ring (bicyclic) bond motifs is 1.